The molecule has 1 saturated heterocycles. The van der Waals surface area contributed by atoms with Gasteiger partial charge in [0, 0.05) is 13.1 Å². The fraction of sp³-hybridized carbons (Fsp3) is 0.474. The number of ether oxygens (including phenoxy) is 1. The van der Waals surface area contributed by atoms with Crippen molar-refractivity contribution in [3.05, 3.63) is 34.3 Å². The van der Waals surface area contributed by atoms with E-state index in [2.05, 4.69) is 5.10 Å². The second-order valence-corrected chi connectivity index (χ2v) is 9.70. The van der Waals surface area contributed by atoms with E-state index in [4.69, 9.17) is 17.0 Å². The molecule has 0 saturated carbocycles. The highest BCUT2D eigenvalue weighted by molar-refractivity contribution is 8.02. The Labute approximate surface area is 177 Å². The Bertz CT molecular complexity index is 873. The molecule has 0 N–H and O–H groups in total. The zero-order chi connectivity index (χ0) is 20.1. The van der Waals surface area contributed by atoms with Crippen molar-refractivity contribution in [3.63, 3.8) is 0 Å². The topological polar surface area (TPSA) is 64.4 Å². The van der Waals surface area contributed by atoms with Crippen LogP contribution in [-0.2, 0) is 14.3 Å². The van der Waals surface area contributed by atoms with Gasteiger partial charge in [0.05, 0.1) is 23.5 Å². The largest absolute Gasteiger partial charge is 0.466 e. The van der Waals surface area contributed by atoms with Gasteiger partial charge in [-0.3, -0.25) is 9.59 Å². The zero-order valence-electron chi connectivity index (χ0n) is 15.9. The lowest BCUT2D eigenvalue weighted by atomic mass is 9.97. The summed E-state index contributed by atoms with van der Waals surface area (Å²) in [7, 11) is 0. The van der Waals surface area contributed by atoms with Crippen LogP contribution in [0.1, 0.15) is 26.7 Å². The molecule has 2 heterocycles. The molecule has 1 fully saturated rings. The highest BCUT2D eigenvalue weighted by Gasteiger charge is 2.30. The molecule has 1 unspecified atom stereocenters. The third-order valence-corrected chi connectivity index (χ3v) is 6.99. The van der Waals surface area contributed by atoms with Crippen LogP contribution >= 0.6 is 35.3 Å². The van der Waals surface area contributed by atoms with Gasteiger partial charge in [-0.15, -0.1) is 5.10 Å². The van der Waals surface area contributed by atoms with Gasteiger partial charge in [0.25, 0.3) is 0 Å². The Morgan fingerprint density at radius 3 is 2.64 bits per heavy atom. The SMILES string of the molecule is CCOC(=O)C1CCN(C(=O)C(C)Sc2nn(-c3ccccc3)c(=S)s2)CC1. The van der Waals surface area contributed by atoms with E-state index < -0.39 is 0 Å². The Kier molecular flexibility index (Phi) is 7.25. The number of likely N-dealkylation sites (tertiary alicyclic amines) is 1. The van der Waals surface area contributed by atoms with E-state index in [9.17, 15) is 9.59 Å². The fourth-order valence-corrected chi connectivity index (χ4v) is 5.68. The van der Waals surface area contributed by atoms with Gasteiger partial charge in [-0.25, -0.2) is 4.68 Å². The quantitative estimate of drug-likeness (QED) is 0.387. The van der Waals surface area contributed by atoms with E-state index in [-0.39, 0.29) is 23.0 Å². The molecule has 0 radical (unpaired) electrons. The second kappa shape index (κ2) is 9.67. The van der Waals surface area contributed by atoms with Crippen molar-refractivity contribution in [2.75, 3.05) is 19.7 Å². The van der Waals surface area contributed by atoms with Crippen molar-refractivity contribution in [2.45, 2.75) is 36.3 Å². The molecule has 0 bridgehead atoms. The molecule has 6 nitrogen and oxygen atoms in total. The minimum Gasteiger partial charge on any atom is -0.466 e. The molecule has 0 spiro atoms. The van der Waals surface area contributed by atoms with Crippen LogP contribution in [0.3, 0.4) is 0 Å². The van der Waals surface area contributed by atoms with Gasteiger partial charge in [0.2, 0.25) is 5.91 Å². The average Bonchev–Trinajstić information content (AvgIpc) is 3.08. The average molecular weight is 438 g/mol. The summed E-state index contributed by atoms with van der Waals surface area (Å²) in [5.41, 5.74) is 0.913. The highest BCUT2D eigenvalue weighted by Crippen LogP contribution is 2.29. The van der Waals surface area contributed by atoms with Gasteiger partial charge in [-0.2, -0.15) is 0 Å². The van der Waals surface area contributed by atoms with Crippen molar-refractivity contribution >= 4 is 47.2 Å². The number of thioether (sulfide) groups is 1. The van der Waals surface area contributed by atoms with Crippen LogP contribution in [0.25, 0.3) is 5.69 Å². The van der Waals surface area contributed by atoms with E-state index >= 15 is 0 Å². The number of benzene rings is 1. The summed E-state index contributed by atoms with van der Waals surface area (Å²) in [4.78, 5) is 26.5. The van der Waals surface area contributed by atoms with Crippen LogP contribution in [-0.4, -0.2) is 51.5 Å². The van der Waals surface area contributed by atoms with Crippen LogP contribution in [0.15, 0.2) is 34.7 Å². The first-order chi connectivity index (χ1) is 13.5. The van der Waals surface area contributed by atoms with E-state index in [0.29, 0.717) is 36.5 Å². The number of amides is 1. The maximum Gasteiger partial charge on any atom is 0.309 e. The summed E-state index contributed by atoms with van der Waals surface area (Å²) >= 11 is 8.26. The number of carbonyl (C=O) groups excluding carboxylic acids is 2. The molecule has 1 amide bonds. The standard InChI is InChI=1S/C19H23N3O3S3/c1-3-25-17(24)14-9-11-21(12-10-14)16(23)13(2)27-18-20-22(19(26)28-18)15-7-5-4-6-8-15/h4-8,13-14H,3,9-12H2,1-2H3. The van der Waals surface area contributed by atoms with Gasteiger partial charge in [0.15, 0.2) is 8.29 Å². The van der Waals surface area contributed by atoms with Crippen LogP contribution in [0.4, 0.5) is 0 Å². The van der Waals surface area contributed by atoms with E-state index in [1.807, 2.05) is 49.1 Å². The molecule has 9 heteroatoms. The summed E-state index contributed by atoms with van der Waals surface area (Å²) in [6, 6.07) is 9.73. The Hall–Kier alpha value is -1.71. The van der Waals surface area contributed by atoms with Crippen molar-refractivity contribution in [1.82, 2.24) is 14.7 Å². The third kappa shape index (κ3) is 5.01. The van der Waals surface area contributed by atoms with Crippen molar-refractivity contribution in [1.29, 1.82) is 0 Å². The Morgan fingerprint density at radius 2 is 2.00 bits per heavy atom. The zero-order valence-corrected chi connectivity index (χ0v) is 18.3. The number of aromatic nitrogens is 2. The molecule has 2 aromatic rings. The number of nitrogens with zero attached hydrogens (tertiary/aromatic N) is 3. The normalized spacial score (nSPS) is 16.0. The molecule has 1 aliphatic heterocycles. The molecule has 0 aliphatic carbocycles. The number of hydrogen-bond donors (Lipinski definition) is 0. The first-order valence-corrected chi connectivity index (χ1v) is 11.4. The molecule has 1 aromatic carbocycles. The predicted octanol–water partition coefficient (Wildman–Crippen LogP) is 3.95. The molecule has 28 heavy (non-hydrogen) atoms. The van der Waals surface area contributed by atoms with Gasteiger partial charge in [0.1, 0.15) is 0 Å². The van der Waals surface area contributed by atoms with Crippen LogP contribution < -0.4 is 0 Å². The van der Waals surface area contributed by atoms with E-state index in [0.717, 1.165) is 10.0 Å². The minimum atomic E-state index is -0.260. The summed E-state index contributed by atoms with van der Waals surface area (Å²) < 4.78 is 8.24. The number of carbonyl (C=O) groups is 2. The lowest BCUT2D eigenvalue weighted by molar-refractivity contribution is -0.151. The van der Waals surface area contributed by atoms with Crippen molar-refractivity contribution in [2.24, 2.45) is 5.92 Å². The number of esters is 1. The summed E-state index contributed by atoms with van der Waals surface area (Å²) in [6.45, 7) is 5.27. The number of para-hydroxylation sites is 1. The molecule has 3 rings (SSSR count). The van der Waals surface area contributed by atoms with Gasteiger partial charge >= 0.3 is 5.97 Å². The first-order valence-electron chi connectivity index (χ1n) is 9.27. The lowest BCUT2D eigenvalue weighted by Gasteiger charge is -2.32. The predicted molar refractivity (Wildman–Crippen MR) is 114 cm³/mol. The summed E-state index contributed by atoms with van der Waals surface area (Å²) in [6.07, 6.45) is 1.31. The van der Waals surface area contributed by atoms with Crippen molar-refractivity contribution < 1.29 is 14.3 Å². The van der Waals surface area contributed by atoms with Gasteiger partial charge in [-0.05, 0) is 51.0 Å². The number of hydrogen-bond acceptors (Lipinski definition) is 7. The monoisotopic (exact) mass is 437 g/mol. The number of piperidine rings is 1. The van der Waals surface area contributed by atoms with Crippen LogP contribution in [0, 0.1) is 9.87 Å². The smallest absolute Gasteiger partial charge is 0.309 e. The maximum atomic E-state index is 12.8. The Balaban J connectivity index is 1.58. The van der Waals surface area contributed by atoms with Gasteiger partial charge < -0.3 is 9.64 Å². The van der Waals surface area contributed by atoms with Crippen LogP contribution in [0.5, 0.6) is 0 Å². The van der Waals surface area contributed by atoms with E-state index in [1.165, 1.54) is 23.1 Å². The molecule has 1 aromatic heterocycles. The molecular weight excluding hydrogens is 414 g/mol. The highest BCUT2D eigenvalue weighted by atomic mass is 32.2. The lowest BCUT2D eigenvalue weighted by Crippen LogP contribution is -2.43. The second-order valence-electron chi connectivity index (χ2n) is 6.49. The molecular formula is C19H23N3O3S3. The molecule has 1 aliphatic rings. The minimum absolute atomic E-state index is 0.0692. The summed E-state index contributed by atoms with van der Waals surface area (Å²) in [5.74, 6) is -0.179. The van der Waals surface area contributed by atoms with Crippen LogP contribution in [0.2, 0.25) is 0 Å². The van der Waals surface area contributed by atoms with Crippen molar-refractivity contribution in [3.8, 4) is 5.69 Å². The third-order valence-electron chi connectivity index (χ3n) is 4.58. The first kappa shape index (κ1) is 21.0. The molecule has 150 valence electrons. The Morgan fingerprint density at radius 1 is 1.32 bits per heavy atom. The summed E-state index contributed by atoms with van der Waals surface area (Å²) in [5, 5.41) is 4.31. The van der Waals surface area contributed by atoms with Gasteiger partial charge in [-0.1, -0.05) is 41.3 Å². The molecule has 1 atom stereocenters. The van der Waals surface area contributed by atoms with E-state index in [1.54, 1.807) is 4.68 Å². The maximum absolute atomic E-state index is 12.8. The number of rotatable bonds is 6. The fourth-order valence-electron chi connectivity index (χ4n) is 3.10.